The fraction of sp³-hybridized carbons (Fsp3) is 0.692. The van der Waals surface area contributed by atoms with E-state index in [1.54, 1.807) is 0 Å². The lowest BCUT2D eigenvalue weighted by Gasteiger charge is -2.29. The van der Waals surface area contributed by atoms with Crippen molar-refractivity contribution in [2.75, 3.05) is 37.3 Å². The minimum atomic E-state index is -0.421. The van der Waals surface area contributed by atoms with Crippen molar-refractivity contribution in [2.45, 2.75) is 32.2 Å². The predicted octanol–water partition coefficient (Wildman–Crippen LogP) is 1.71. The first-order valence-corrected chi connectivity index (χ1v) is 7.30. The van der Waals surface area contributed by atoms with Crippen molar-refractivity contribution in [1.29, 1.82) is 0 Å². The average molecular weight is 294 g/mol. The second kappa shape index (κ2) is 7.16. The Morgan fingerprint density at radius 3 is 2.67 bits per heavy atom. The molecule has 8 heteroatoms. The van der Waals surface area contributed by atoms with Crippen molar-refractivity contribution >= 4 is 17.3 Å². The molecule has 0 amide bonds. The molecule has 0 saturated carbocycles. The van der Waals surface area contributed by atoms with E-state index >= 15 is 0 Å². The lowest BCUT2D eigenvalue weighted by Crippen LogP contribution is -2.37. The van der Waals surface area contributed by atoms with Crippen molar-refractivity contribution < 1.29 is 4.92 Å². The second-order valence-corrected chi connectivity index (χ2v) is 5.33. The van der Waals surface area contributed by atoms with Crippen molar-refractivity contribution in [3.63, 3.8) is 0 Å². The molecule has 2 N–H and O–H groups in total. The van der Waals surface area contributed by atoms with E-state index in [-0.39, 0.29) is 17.5 Å². The van der Waals surface area contributed by atoms with Crippen LogP contribution in [0.1, 0.15) is 26.2 Å². The summed E-state index contributed by atoms with van der Waals surface area (Å²) in [6, 6.07) is 0.217. The van der Waals surface area contributed by atoms with Gasteiger partial charge in [-0.3, -0.25) is 10.1 Å². The molecule has 0 bridgehead atoms. The molecule has 0 unspecified atom stereocenters. The Balaban J connectivity index is 2.16. The molecule has 0 spiro atoms. The fourth-order valence-electron chi connectivity index (χ4n) is 2.38. The molecule has 1 aliphatic rings. The third-order valence-corrected chi connectivity index (χ3v) is 3.61. The van der Waals surface area contributed by atoms with Gasteiger partial charge in [0.15, 0.2) is 0 Å². The van der Waals surface area contributed by atoms with Crippen LogP contribution >= 0.6 is 0 Å². The third kappa shape index (κ3) is 4.01. The Labute approximate surface area is 124 Å². The van der Waals surface area contributed by atoms with E-state index in [4.69, 9.17) is 0 Å². The van der Waals surface area contributed by atoms with Gasteiger partial charge < -0.3 is 15.5 Å². The summed E-state index contributed by atoms with van der Waals surface area (Å²) in [5.41, 5.74) is -0.0649. The third-order valence-electron chi connectivity index (χ3n) is 3.61. The molecule has 116 valence electrons. The van der Waals surface area contributed by atoms with Gasteiger partial charge in [-0.2, -0.15) is 0 Å². The second-order valence-electron chi connectivity index (χ2n) is 5.33. The monoisotopic (exact) mass is 294 g/mol. The molecule has 1 aromatic rings. The van der Waals surface area contributed by atoms with E-state index in [9.17, 15) is 10.1 Å². The molecule has 2 heterocycles. The molecule has 2 rings (SSSR count). The lowest BCUT2D eigenvalue weighted by molar-refractivity contribution is -0.383. The first-order valence-electron chi connectivity index (χ1n) is 7.30. The van der Waals surface area contributed by atoms with Crippen LogP contribution in [0.15, 0.2) is 6.33 Å². The molecule has 0 atom stereocenters. The van der Waals surface area contributed by atoms with E-state index in [2.05, 4.69) is 32.5 Å². The van der Waals surface area contributed by atoms with Gasteiger partial charge in [0, 0.05) is 12.6 Å². The number of likely N-dealkylation sites (tertiary alicyclic amines) is 1. The minimum Gasteiger partial charge on any atom is -0.364 e. The van der Waals surface area contributed by atoms with Crippen LogP contribution in [0.5, 0.6) is 0 Å². The molecular formula is C13H22N6O2. The van der Waals surface area contributed by atoms with Gasteiger partial charge in [-0.1, -0.05) is 6.92 Å². The van der Waals surface area contributed by atoms with Crippen LogP contribution in [0.2, 0.25) is 0 Å². The number of nitrogens with zero attached hydrogens (tertiary/aromatic N) is 4. The first-order chi connectivity index (χ1) is 10.1. The highest BCUT2D eigenvalue weighted by Gasteiger charge is 2.25. The quantitative estimate of drug-likeness (QED) is 0.609. The minimum absolute atomic E-state index is 0.0649. The molecule has 0 aromatic carbocycles. The Kier molecular flexibility index (Phi) is 5.26. The fourth-order valence-corrected chi connectivity index (χ4v) is 2.38. The summed E-state index contributed by atoms with van der Waals surface area (Å²) in [5, 5.41) is 17.5. The van der Waals surface area contributed by atoms with E-state index < -0.39 is 4.92 Å². The zero-order chi connectivity index (χ0) is 15.2. The Morgan fingerprint density at radius 2 is 2.05 bits per heavy atom. The zero-order valence-corrected chi connectivity index (χ0v) is 12.5. The number of hydrogen-bond acceptors (Lipinski definition) is 7. The van der Waals surface area contributed by atoms with E-state index in [1.165, 1.54) is 6.33 Å². The van der Waals surface area contributed by atoms with E-state index in [1.807, 2.05) is 6.92 Å². The van der Waals surface area contributed by atoms with Crippen molar-refractivity contribution in [3.05, 3.63) is 16.4 Å². The summed E-state index contributed by atoms with van der Waals surface area (Å²) >= 11 is 0. The van der Waals surface area contributed by atoms with Crippen LogP contribution in [-0.2, 0) is 0 Å². The zero-order valence-electron chi connectivity index (χ0n) is 12.5. The van der Waals surface area contributed by atoms with Gasteiger partial charge >= 0.3 is 5.69 Å². The number of nitro groups is 1. The number of nitrogens with one attached hydrogen (secondary N) is 2. The van der Waals surface area contributed by atoms with Gasteiger partial charge in [0.1, 0.15) is 6.33 Å². The highest BCUT2D eigenvalue weighted by Crippen LogP contribution is 2.30. The molecule has 1 saturated heterocycles. The molecule has 1 aromatic heterocycles. The summed E-state index contributed by atoms with van der Waals surface area (Å²) in [6.07, 6.45) is 4.14. The SMILES string of the molecule is CCCNc1ncnc(NC2CCN(C)CC2)c1[N+](=O)[O-]. The number of hydrogen-bond donors (Lipinski definition) is 2. The predicted molar refractivity (Wildman–Crippen MR) is 81.6 cm³/mol. The summed E-state index contributed by atoms with van der Waals surface area (Å²) in [4.78, 5) is 21.2. The highest BCUT2D eigenvalue weighted by molar-refractivity contribution is 5.69. The maximum Gasteiger partial charge on any atom is 0.353 e. The summed E-state index contributed by atoms with van der Waals surface area (Å²) in [5.74, 6) is 0.593. The molecule has 21 heavy (non-hydrogen) atoms. The lowest BCUT2D eigenvalue weighted by atomic mass is 10.1. The highest BCUT2D eigenvalue weighted by atomic mass is 16.6. The van der Waals surface area contributed by atoms with Crippen molar-refractivity contribution in [2.24, 2.45) is 0 Å². The van der Waals surface area contributed by atoms with Crippen LogP contribution < -0.4 is 10.6 Å². The first kappa shape index (κ1) is 15.4. The molecule has 0 radical (unpaired) electrons. The van der Waals surface area contributed by atoms with E-state index in [0.717, 1.165) is 32.4 Å². The summed E-state index contributed by atoms with van der Waals surface area (Å²) in [7, 11) is 2.08. The number of piperidine rings is 1. The largest absolute Gasteiger partial charge is 0.364 e. The molecule has 1 fully saturated rings. The van der Waals surface area contributed by atoms with Crippen LogP contribution in [-0.4, -0.2) is 52.5 Å². The number of anilines is 2. The summed E-state index contributed by atoms with van der Waals surface area (Å²) < 4.78 is 0. The van der Waals surface area contributed by atoms with Crippen LogP contribution in [0, 0.1) is 10.1 Å². The van der Waals surface area contributed by atoms with Gasteiger partial charge in [0.25, 0.3) is 0 Å². The van der Waals surface area contributed by atoms with Crippen LogP contribution in [0.4, 0.5) is 17.3 Å². The summed E-state index contributed by atoms with van der Waals surface area (Å²) in [6.45, 7) is 4.61. The van der Waals surface area contributed by atoms with Crippen molar-refractivity contribution in [3.8, 4) is 0 Å². The van der Waals surface area contributed by atoms with E-state index in [0.29, 0.717) is 12.4 Å². The van der Waals surface area contributed by atoms with Gasteiger partial charge in [-0.15, -0.1) is 0 Å². The number of aromatic nitrogens is 2. The molecule has 8 nitrogen and oxygen atoms in total. The molecular weight excluding hydrogens is 272 g/mol. The Morgan fingerprint density at radius 1 is 1.38 bits per heavy atom. The van der Waals surface area contributed by atoms with Gasteiger partial charge in [0.2, 0.25) is 11.6 Å². The normalized spacial score (nSPS) is 16.7. The molecule has 0 aliphatic carbocycles. The molecule has 1 aliphatic heterocycles. The van der Waals surface area contributed by atoms with Gasteiger partial charge in [-0.25, -0.2) is 9.97 Å². The maximum atomic E-state index is 11.3. The number of rotatable bonds is 6. The van der Waals surface area contributed by atoms with Crippen LogP contribution in [0.3, 0.4) is 0 Å². The average Bonchev–Trinajstić information content (AvgIpc) is 2.47. The smallest absolute Gasteiger partial charge is 0.353 e. The van der Waals surface area contributed by atoms with Gasteiger partial charge in [-0.05, 0) is 39.4 Å². The topological polar surface area (TPSA) is 96.2 Å². The van der Waals surface area contributed by atoms with Gasteiger partial charge in [0.05, 0.1) is 4.92 Å². The maximum absolute atomic E-state index is 11.3. The van der Waals surface area contributed by atoms with Crippen molar-refractivity contribution in [1.82, 2.24) is 14.9 Å². The Bertz CT molecular complexity index is 488. The Hall–Kier alpha value is -1.96. The van der Waals surface area contributed by atoms with Crippen LogP contribution in [0.25, 0.3) is 0 Å². The standard InChI is InChI=1S/C13H22N6O2/c1-3-6-14-12-11(19(20)21)13(16-9-15-12)17-10-4-7-18(2)8-5-10/h9-10H,3-8H2,1-2H3,(H2,14,15,16,17).